The van der Waals surface area contributed by atoms with Crippen molar-refractivity contribution in [3.8, 4) is 11.1 Å². The van der Waals surface area contributed by atoms with Gasteiger partial charge in [-0.25, -0.2) is 26.3 Å². The van der Waals surface area contributed by atoms with E-state index >= 15 is 0 Å². The molecule has 8 heteroatoms. The van der Waals surface area contributed by atoms with Crippen LogP contribution in [0, 0.1) is 34.9 Å². The molecular formula is C14H6F6O2. The first-order chi connectivity index (χ1) is 10.2. The highest BCUT2D eigenvalue weighted by Crippen LogP contribution is 2.33. The molecule has 0 aliphatic rings. The van der Waals surface area contributed by atoms with Crippen LogP contribution in [0.4, 0.5) is 26.3 Å². The third-order valence-corrected chi connectivity index (χ3v) is 2.87. The molecule has 2 aromatic rings. The summed E-state index contributed by atoms with van der Waals surface area (Å²) in [6.07, 6.45) is -0.561. The molecule has 2 nitrogen and oxygen atoms in total. The molecule has 0 aromatic heterocycles. The van der Waals surface area contributed by atoms with Crippen molar-refractivity contribution < 1.29 is 36.2 Å². The van der Waals surface area contributed by atoms with E-state index in [1.807, 2.05) is 0 Å². The molecule has 2 rings (SSSR count). The second-order valence-electron chi connectivity index (χ2n) is 4.33. The Morgan fingerprint density at radius 2 is 1.36 bits per heavy atom. The second-order valence-corrected chi connectivity index (χ2v) is 4.33. The number of halogens is 6. The average Bonchev–Trinajstić information content (AvgIpc) is 2.45. The van der Waals surface area contributed by atoms with Gasteiger partial charge in [0.15, 0.2) is 23.3 Å². The SMILES string of the molecule is O=C(O)Cc1ccc(-c2c(F)c(F)c(F)c(F)c2F)c(F)c1. The van der Waals surface area contributed by atoms with E-state index in [9.17, 15) is 31.1 Å². The number of hydrogen-bond acceptors (Lipinski definition) is 1. The molecule has 0 aliphatic carbocycles. The molecule has 0 amide bonds. The summed E-state index contributed by atoms with van der Waals surface area (Å²) in [5.41, 5.74) is -2.30. The van der Waals surface area contributed by atoms with Crippen LogP contribution < -0.4 is 0 Å². The van der Waals surface area contributed by atoms with E-state index in [0.29, 0.717) is 6.07 Å². The first kappa shape index (κ1) is 15.9. The molecule has 22 heavy (non-hydrogen) atoms. The Morgan fingerprint density at radius 1 is 0.864 bits per heavy atom. The summed E-state index contributed by atoms with van der Waals surface area (Å²) in [6.45, 7) is 0. The first-order valence-corrected chi connectivity index (χ1v) is 5.76. The van der Waals surface area contributed by atoms with Gasteiger partial charge in [-0.2, -0.15) is 0 Å². The molecule has 0 fully saturated rings. The summed E-state index contributed by atoms with van der Waals surface area (Å²) >= 11 is 0. The lowest BCUT2D eigenvalue weighted by Crippen LogP contribution is -2.06. The van der Waals surface area contributed by atoms with Gasteiger partial charge < -0.3 is 5.11 Å². The summed E-state index contributed by atoms with van der Waals surface area (Å²) < 4.78 is 80.2. The molecule has 0 saturated heterocycles. The average molecular weight is 320 g/mol. The molecule has 0 heterocycles. The van der Waals surface area contributed by atoms with Gasteiger partial charge in [-0.1, -0.05) is 12.1 Å². The van der Waals surface area contributed by atoms with E-state index in [0.717, 1.165) is 12.1 Å². The summed E-state index contributed by atoms with van der Waals surface area (Å²) in [6, 6.07) is 2.43. The van der Waals surface area contributed by atoms with Crippen molar-refractivity contribution in [2.45, 2.75) is 6.42 Å². The second kappa shape index (κ2) is 5.70. The Bertz CT molecular complexity index is 743. The number of aliphatic carboxylic acids is 1. The number of carbonyl (C=O) groups is 1. The van der Waals surface area contributed by atoms with Crippen LogP contribution in [0.2, 0.25) is 0 Å². The van der Waals surface area contributed by atoms with E-state index in [-0.39, 0.29) is 5.56 Å². The molecule has 0 bridgehead atoms. The minimum atomic E-state index is -2.35. The molecule has 0 aliphatic heterocycles. The fourth-order valence-corrected chi connectivity index (χ4v) is 1.89. The maximum Gasteiger partial charge on any atom is 0.307 e. The monoisotopic (exact) mass is 320 g/mol. The van der Waals surface area contributed by atoms with E-state index in [4.69, 9.17) is 5.11 Å². The molecule has 0 atom stereocenters. The minimum absolute atomic E-state index is 0.0300. The van der Waals surface area contributed by atoms with Crippen LogP contribution in [-0.4, -0.2) is 11.1 Å². The van der Waals surface area contributed by atoms with Gasteiger partial charge in [-0.15, -0.1) is 0 Å². The fourth-order valence-electron chi connectivity index (χ4n) is 1.89. The molecule has 0 spiro atoms. The van der Waals surface area contributed by atoms with Crippen LogP contribution in [-0.2, 0) is 11.2 Å². The molecule has 0 radical (unpaired) electrons. The highest BCUT2D eigenvalue weighted by molar-refractivity contribution is 5.71. The summed E-state index contributed by atoms with van der Waals surface area (Å²) in [4.78, 5) is 10.5. The van der Waals surface area contributed by atoms with Crippen LogP contribution in [0.3, 0.4) is 0 Å². The predicted octanol–water partition coefficient (Wildman–Crippen LogP) is 3.82. The number of rotatable bonds is 3. The maximum absolute atomic E-state index is 13.8. The molecule has 2 aromatic carbocycles. The lowest BCUT2D eigenvalue weighted by molar-refractivity contribution is -0.136. The minimum Gasteiger partial charge on any atom is -0.481 e. The summed E-state index contributed by atoms with van der Waals surface area (Å²) in [5, 5.41) is 8.55. The van der Waals surface area contributed by atoms with E-state index in [1.54, 1.807) is 0 Å². The van der Waals surface area contributed by atoms with Gasteiger partial charge in [0.1, 0.15) is 5.82 Å². The van der Waals surface area contributed by atoms with Gasteiger partial charge in [0.25, 0.3) is 0 Å². The number of hydrogen-bond donors (Lipinski definition) is 1. The quantitative estimate of drug-likeness (QED) is 0.530. The van der Waals surface area contributed by atoms with Crippen LogP contribution in [0.15, 0.2) is 18.2 Å². The number of carboxylic acid groups (broad SMARTS) is 1. The predicted molar refractivity (Wildman–Crippen MR) is 63.0 cm³/mol. The normalized spacial score (nSPS) is 10.8. The zero-order valence-corrected chi connectivity index (χ0v) is 10.6. The van der Waals surface area contributed by atoms with Crippen molar-refractivity contribution in [3.05, 3.63) is 58.7 Å². The van der Waals surface area contributed by atoms with Gasteiger partial charge in [0.05, 0.1) is 12.0 Å². The molecule has 1 N–H and O–H groups in total. The van der Waals surface area contributed by atoms with Crippen LogP contribution in [0.5, 0.6) is 0 Å². The number of benzene rings is 2. The third-order valence-electron chi connectivity index (χ3n) is 2.87. The standard InChI is InChI=1S/C14H6F6O2/c15-7-3-5(4-8(21)22)1-2-6(7)9-10(16)12(18)14(20)13(19)11(9)17/h1-3H,4H2,(H,21,22). The van der Waals surface area contributed by atoms with Crippen molar-refractivity contribution >= 4 is 5.97 Å². The van der Waals surface area contributed by atoms with Crippen molar-refractivity contribution in [1.29, 1.82) is 0 Å². The smallest absolute Gasteiger partial charge is 0.307 e. The lowest BCUT2D eigenvalue weighted by Gasteiger charge is -2.10. The zero-order valence-electron chi connectivity index (χ0n) is 10.6. The van der Waals surface area contributed by atoms with Crippen LogP contribution in [0.1, 0.15) is 5.56 Å². The fraction of sp³-hybridized carbons (Fsp3) is 0.0714. The van der Waals surface area contributed by atoms with Gasteiger partial charge in [0.2, 0.25) is 5.82 Å². The Kier molecular flexibility index (Phi) is 4.11. The van der Waals surface area contributed by atoms with Gasteiger partial charge in [-0.3, -0.25) is 4.79 Å². The Balaban J connectivity index is 2.65. The van der Waals surface area contributed by atoms with Gasteiger partial charge in [-0.05, 0) is 11.6 Å². The molecule has 116 valence electrons. The van der Waals surface area contributed by atoms with Gasteiger partial charge >= 0.3 is 5.97 Å². The summed E-state index contributed by atoms with van der Waals surface area (Å²) in [7, 11) is 0. The molecule has 0 saturated carbocycles. The van der Waals surface area contributed by atoms with Crippen LogP contribution >= 0.6 is 0 Å². The van der Waals surface area contributed by atoms with E-state index < -0.39 is 58.4 Å². The van der Waals surface area contributed by atoms with E-state index in [1.165, 1.54) is 0 Å². The maximum atomic E-state index is 13.8. The Hall–Kier alpha value is -2.51. The Labute approximate surface area is 119 Å². The van der Waals surface area contributed by atoms with Crippen LogP contribution in [0.25, 0.3) is 11.1 Å². The van der Waals surface area contributed by atoms with Crippen molar-refractivity contribution in [3.63, 3.8) is 0 Å². The topological polar surface area (TPSA) is 37.3 Å². The lowest BCUT2D eigenvalue weighted by atomic mass is 10.00. The zero-order chi connectivity index (χ0) is 16.6. The van der Waals surface area contributed by atoms with Crippen molar-refractivity contribution in [2.24, 2.45) is 0 Å². The number of carboxylic acids is 1. The molecule has 0 unspecified atom stereocenters. The van der Waals surface area contributed by atoms with Gasteiger partial charge in [0, 0.05) is 5.56 Å². The van der Waals surface area contributed by atoms with E-state index in [2.05, 4.69) is 0 Å². The van der Waals surface area contributed by atoms with Crippen molar-refractivity contribution in [1.82, 2.24) is 0 Å². The Morgan fingerprint density at radius 3 is 1.82 bits per heavy atom. The molecular weight excluding hydrogens is 314 g/mol. The summed E-state index contributed by atoms with van der Waals surface area (Å²) in [5.74, 6) is -13.6. The largest absolute Gasteiger partial charge is 0.481 e. The third kappa shape index (κ3) is 2.63. The highest BCUT2D eigenvalue weighted by Gasteiger charge is 2.28. The first-order valence-electron chi connectivity index (χ1n) is 5.76. The van der Waals surface area contributed by atoms with Crippen molar-refractivity contribution in [2.75, 3.05) is 0 Å². The highest BCUT2D eigenvalue weighted by atomic mass is 19.2.